The lowest BCUT2D eigenvalue weighted by Gasteiger charge is -2.18. The molecule has 84 valence electrons. The molecule has 0 aromatic carbocycles. The predicted octanol–water partition coefficient (Wildman–Crippen LogP) is 0.854. The van der Waals surface area contributed by atoms with Gasteiger partial charge in [-0.3, -0.25) is 0 Å². The summed E-state index contributed by atoms with van der Waals surface area (Å²) in [6.07, 6.45) is 6.34. The Labute approximate surface area is 94.3 Å². The Morgan fingerprint density at radius 3 is 2.94 bits per heavy atom. The molecule has 5 nitrogen and oxygen atoms in total. The summed E-state index contributed by atoms with van der Waals surface area (Å²) in [5.41, 5.74) is 5.96. The van der Waals surface area contributed by atoms with Gasteiger partial charge in [-0.1, -0.05) is 0 Å². The fourth-order valence-electron chi connectivity index (χ4n) is 2.02. The van der Waals surface area contributed by atoms with Crippen molar-refractivity contribution in [3.63, 3.8) is 0 Å². The molecule has 1 fully saturated rings. The summed E-state index contributed by atoms with van der Waals surface area (Å²) in [6, 6.07) is 1.92. The van der Waals surface area contributed by atoms with Crippen molar-refractivity contribution in [1.82, 2.24) is 9.97 Å². The molecule has 0 amide bonds. The molecule has 1 saturated carbocycles. The third-order valence-corrected chi connectivity index (χ3v) is 2.91. The number of rotatable bonds is 3. The molecule has 2 N–H and O–H groups in total. The molecule has 1 heterocycles. The molecule has 1 aliphatic rings. The number of nitrogens with zero attached hydrogens (tertiary/aromatic N) is 3. The van der Waals surface area contributed by atoms with Crippen LogP contribution in [0.4, 0.5) is 0 Å². The van der Waals surface area contributed by atoms with Gasteiger partial charge in [-0.2, -0.15) is 5.26 Å². The molecular weight excluding hydrogens is 204 g/mol. The van der Waals surface area contributed by atoms with Crippen molar-refractivity contribution in [2.75, 3.05) is 6.54 Å². The Morgan fingerprint density at radius 2 is 2.31 bits per heavy atom. The van der Waals surface area contributed by atoms with Crippen molar-refractivity contribution in [2.45, 2.75) is 25.4 Å². The lowest BCUT2D eigenvalue weighted by Crippen LogP contribution is -2.27. The monoisotopic (exact) mass is 218 g/mol. The van der Waals surface area contributed by atoms with E-state index in [0.717, 1.165) is 19.3 Å². The topological polar surface area (TPSA) is 84.8 Å². The van der Waals surface area contributed by atoms with E-state index < -0.39 is 0 Å². The fraction of sp³-hybridized carbons (Fsp3) is 0.545. The molecule has 0 spiro atoms. The standard InChI is InChI=1S/C11H14N4O/c12-4-8-2-1-3-10(8)16-11-7-14-9(5-13)6-15-11/h6-8,10H,1-4,12H2. The van der Waals surface area contributed by atoms with Crippen molar-refractivity contribution < 1.29 is 4.74 Å². The quantitative estimate of drug-likeness (QED) is 0.813. The van der Waals surface area contributed by atoms with Crippen LogP contribution in [0.1, 0.15) is 25.0 Å². The zero-order valence-corrected chi connectivity index (χ0v) is 8.97. The average molecular weight is 218 g/mol. The summed E-state index contributed by atoms with van der Waals surface area (Å²) in [7, 11) is 0. The highest BCUT2D eigenvalue weighted by molar-refractivity contribution is 5.18. The van der Waals surface area contributed by atoms with Crippen molar-refractivity contribution in [2.24, 2.45) is 11.7 Å². The van der Waals surface area contributed by atoms with Gasteiger partial charge < -0.3 is 10.5 Å². The second-order valence-corrected chi connectivity index (χ2v) is 3.93. The number of hydrogen-bond acceptors (Lipinski definition) is 5. The highest BCUT2D eigenvalue weighted by atomic mass is 16.5. The molecule has 1 aliphatic carbocycles. The van der Waals surface area contributed by atoms with E-state index in [9.17, 15) is 0 Å². The minimum Gasteiger partial charge on any atom is -0.473 e. The second kappa shape index (κ2) is 4.90. The third kappa shape index (κ3) is 2.28. The number of hydrogen-bond donors (Lipinski definition) is 1. The molecule has 1 aromatic heterocycles. The van der Waals surface area contributed by atoms with Gasteiger partial charge in [0.1, 0.15) is 12.2 Å². The Bertz CT molecular complexity index is 384. The highest BCUT2D eigenvalue weighted by Gasteiger charge is 2.28. The van der Waals surface area contributed by atoms with Crippen LogP contribution in [0.3, 0.4) is 0 Å². The molecule has 2 unspecified atom stereocenters. The summed E-state index contributed by atoms with van der Waals surface area (Å²) in [5.74, 6) is 0.891. The minimum absolute atomic E-state index is 0.146. The van der Waals surface area contributed by atoms with Gasteiger partial charge in [0.25, 0.3) is 0 Å². The lowest BCUT2D eigenvalue weighted by molar-refractivity contribution is 0.155. The van der Waals surface area contributed by atoms with Crippen LogP contribution in [0.25, 0.3) is 0 Å². The summed E-state index contributed by atoms with van der Waals surface area (Å²) in [5, 5.41) is 8.58. The number of nitrogens with two attached hydrogens (primary N) is 1. The molecular formula is C11H14N4O. The van der Waals surface area contributed by atoms with Gasteiger partial charge in [0.15, 0.2) is 5.69 Å². The number of nitriles is 1. The molecule has 0 bridgehead atoms. The molecule has 16 heavy (non-hydrogen) atoms. The van der Waals surface area contributed by atoms with Crippen LogP contribution in [0.5, 0.6) is 5.88 Å². The molecule has 0 aliphatic heterocycles. The van der Waals surface area contributed by atoms with E-state index in [1.54, 1.807) is 0 Å². The van der Waals surface area contributed by atoms with Crippen LogP contribution in [0, 0.1) is 17.2 Å². The van der Waals surface area contributed by atoms with Crippen molar-refractivity contribution in [3.05, 3.63) is 18.1 Å². The van der Waals surface area contributed by atoms with E-state index in [4.69, 9.17) is 15.7 Å². The first-order chi connectivity index (χ1) is 7.83. The summed E-state index contributed by atoms with van der Waals surface area (Å²) in [6.45, 7) is 0.647. The van der Waals surface area contributed by atoms with E-state index >= 15 is 0 Å². The van der Waals surface area contributed by atoms with E-state index in [1.165, 1.54) is 12.4 Å². The smallest absolute Gasteiger partial charge is 0.232 e. The maximum absolute atomic E-state index is 8.58. The van der Waals surface area contributed by atoms with Crippen molar-refractivity contribution in [3.8, 4) is 11.9 Å². The predicted molar refractivity (Wildman–Crippen MR) is 57.6 cm³/mol. The minimum atomic E-state index is 0.146. The lowest BCUT2D eigenvalue weighted by atomic mass is 10.1. The van der Waals surface area contributed by atoms with Crippen LogP contribution in [-0.2, 0) is 0 Å². The van der Waals surface area contributed by atoms with Crippen LogP contribution < -0.4 is 10.5 Å². The Hall–Kier alpha value is -1.67. The summed E-state index contributed by atoms with van der Waals surface area (Å²) >= 11 is 0. The van der Waals surface area contributed by atoms with E-state index in [0.29, 0.717) is 24.0 Å². The van der Waals surface area contributed by atoms with Gasteiger partial charge >= 0.3 is 0 Å². The maximum atomic E-state index is 8.58. The SMILES string of the molecule is N#Cc1cnc(OC2CCCC2CN)cn1. The van der Waals surface area contributed by atoms with Gasteiger partial charge in [0, 0.05) is 5.92 Å². The van der Waals surface area contributed by atoms with E-state index in [1.807, 2.05) is 6.07 Å². The first kappa shape index (κ1) is 10.8. The average Bonchev–Trinajstić information content (AvgIpc) is 2.77. The largest absolute Gasteiger partial charge is 0.473 e. The zero-order chi connectivity index (χ0) is 11.4. The molecule has 1 aromatic rings. The zero-order valence-electron chi connectivity index (χ0n) is 8.97. The first-order valence-electron chi connectivity index (χ1n) is 5.42. The van der Waals surface area contributed by atoms with E-state index in [2.05, 4.69) is 9.97 Å². The van der Waals surface area contributed by atoms with Crippen molar-refractivity contribution >= 4 is 0 Å². The van der Waals surface area contributed by atoms with Gasteiger partial charge in [-0.05, 0) is 25.8 Å². The molecule has 0 saturated heterocycles. The molecule has 5 heteroatoms. The summed E-state index contributed by atoms with van der Waals surface area (Å²) in [4.78, 5) is 7.94. The normalized spacial score (nSPS) is 24.0. The van der Waals surface area contributed by atoms with Gasteiger partial charge in [0.2, 0.25) is 5.88 Å². The Morgan fingerprint density at radius 1 is 1.44 bits per heavy atom. The van der Waals surface area contributed by atoms with E-state index in [-0.39, 0.29) is 6.10 Å². The number of ether oxygens (including phenoxy) is 1. The van der Waals surface area contributed by atoms with Crippen LogP contribution >= 0.6 is 0 Å². The summed E-state index contributed by atoms with van der Waals surface area (Å²) < 4.78 is 5.72. The highest BCUT2D eigenvalue weighted by Crippen LogP contribution is 2.27. The Balaban J connectivity index is 2.00. The van der Waals surface area contributed by atoms with Gasteiger partial charge in [-0.25, -0.2) is 9.97 Å². The second-order valence-electron chi connectivity index (χ2n) is 3.93. The van der Waals surface area contributed by atoms with Crippen molar-refractivity contribution in [1.29, 1.82) is 5.26 Å². The van der Waals surface area contributed by atoms with Gasteiger partial charge in [-0.15, -0.1) is 0 Å². The molecule has 2 rings (SSSR count). The first-order valence-corrected chi connectivity index (χ1v) is 5.42. The fourth-order valence-corrected chi connectivity index (χ4v) is 2.02. The maximum Gasteiger partial charge on any atom is 0.232 e. The van der Waals surface area contributed by atoms with Crippen LogP contribution in [0.2, 0.25) is 0 Å². The number of aromatic nitrogens is 2. The third-order valence-electron chi connectivity index (χ3n) is 2.91. The van der Waals surface area contributed by atoms with Crippen LogP contribution in [-0.4, -0.2) is 22.6 Å². The van der Waals surface area contributed by atoms with Crippen LogP contribution in [0.15, 0.2) is 12.4 Å². The van der Waals surface area contributed by atoms with Gasteiger partial charge in [0.05, 0.1) is 12.4 Å². The Kier molecular flexibility index (Phi) is 3.32. The molecule has 2 atom stereocenters. The molecule has 0 radical (unpaired) electrons.